The number of ether oxygens (including phenoxy) is 1. The van der Waals surface area contributed by atoms with Crippen molar-refractivity contribution in [3.05, 3.63) is 64.1 Å². The number of piperidine rings is 1. The van der Waals surface area contributed by atoms with Crippen LogP contribution in [-0.2, 0) is 16.8 Å². The quantitative estimate of drug-likeness (QED) is 0.819. The van der Waals surface area contributed by atoms with Crippen molar-refractivity contribution < 1.29 is 9.53 Å². The Morgan fingerprint density at radius 2 is 1.88 bits per heavy atom. The van der Waals surface area contributed by atoms with Crippen LogP contribution < -0.4 is 10.2 Å². The van der Waals surface area contributed by atoms with E-state index in [1.54, 1.807) is 0 Å². The molecule has 4 nitrogen and oxygen atoms in total. The van der Waals surface area contributed by atoms with Crippen molar-refractivity contribution in [1.82, 2.24) is 5.32 Å². The third-order valence-corrected chi connectivity index (χ3v) is 5.92. The highest BCUT2D eigenvalue weighted by molar-refractivity contribution is 9.10. The van der Waals surface area contributed by atoms with Gasteiger partial charge in [-0.3, -0.25) is 4.90 Å². The Bertz CT molecular complexity index is 773. The van der Waals surface area contributed by atoms with Crippen molar-refractivity contribution >= 4 is 27.7 Å². The monoisotopic (exact) mass is 400 g/mol. The summed E-state index contributed by atoms with van der Waals surface area (Å²) in [5, 5.41) is 3.43. The van der Waals surface area contributed by atoms with E-state index < -0.39 is 0 Å². The van der Waals surface area contributed by atoms with Gasteiger partial charge in [0.2, 0.25) is 0 Å². The number of hydrogen-bond acceptors (Lipinski definition) is 3. The minimum Gasteiger partial charge on any atom is -0.444 e. The molecule has 0 saturated carbocycles. The van der Waals surface area contributed by atoms with Gasteiger partial charge in [0.05, 0.1) is 5.69 Å². The van der Waals surface area contributed by atoms with E-state index in [4.69, 9.17) is 4.74 Å². The number of nitrogens with zero attached hydrogens (tertiary/aromatic N) is 1. The molecular weight excluding hydrogens is 380 g/mol. The first-order chi connectivity index (χ1) is 12.2. The fourth-order valence-electron chi connectivity index (χ4n) is 4.00. The minimum atomic E-state index is -0.265. The second kappa shape index (κ2) is 6.81. The molecule has 1 saturated heterocycles. The van der Waals surface area contributed by atoms with Crippen LogP contribution >= 0.6 is 15.9 Å². The van der Waals surface area contributed by atoms with Crippen molar-refractivity contribution in [3.8, 4) is 0 Å². The zero-order valence-electron chi connectivity index (χ0n) is 14.0. The zero-order valence-corrected chi connectivity index (χ0v) is 15.6. The number of amides is 1. The molecule has 4 rings (SSSR count). The minimum absolute atomic E-state index is 0.0203. The van der Waals surface area contributed by atoms with Crippen LogP contribution in [0.1, 0.15) is 24.0 Å². The molecule has 0 aliphatic carbocycles. The van der Waals surface area contributed by atoms with Gasteiger partial charge in [0.1, 0.15) is 6.61 Å². The molecule has 1 spiro atoms. The first kappa shape index (κ1) is 16.6. The standard InChI is InChI=1S/C20H21BrN2O2/c21-16-7-4-8-17-18(16)20(9-11-22-12-10-20)14-23(17)19(24)25-13-15-5-2-1-3-6-15/h1-8,22H,9-14H2. The predicted molar refractivity (Wildman–Crippen MR) is 102 cm³/mol. The normalized spacial score (nSPS) is 18.2. The van der Waals surface area contributed by atoms with E-state index in [0.717, 1.165) is 41.7 Å². The molecule has 2 aromatic carbocycles. The molecule has 0 bridgehead atoms. The number of anilines is 1. The number of halogens is 1. The van der Waals surface area contributed by atoms with Crippen LogP contribution in [0.5, 0.6) is 0 Å². The molecule has 2 aromatic rings. The van der Waals surface area contributed by atoms with Gasteiger partial charge in [0.15, 0.2) is 0 Å². The van der Waals surface area contributed by atoms with E-state index in [-0.39, 0.29) is 11.5 Å². The molecule has 0 radical (unpaired) electrons. The molecule has 2 aliphatic rings. The third-order valence-electron chi connectivity index (χ3n) is 5.26. The summed E-state index contributed by atoms with van der Waals surface area (Å²) in [5.41, 5.74) is 3.26. The van der Waals surface area contributed by atoms with Crippen LogP contribution in [0.2, 0.25) is 0 Å². The largest absolute Gasteiger partial charge is 0.444 e. The average molecular weight is 401 g/mol. The van der Waals surface area contributed by atoms with Crippen LogP contribution in [0.25, 0.3) is 0 Å². The lowest BCUT2D eigenvalue weighted by molar-refractivity contribution is 0.145. The summed E-state index contributed by atoms with van der Waals surface area (Å²) in [5.74, 6) is 0. The molecule has 130 valence electrons. The first-order valence-electron chi connectivity index (χ1n) is 8.68. The van der Waals surface area contributed by atoms with Gasteiger partial charge in [0, 0.05) is 16.4 Å². The molecular formula is C20H21BrN2O2. The smallest absolute Gasteiger partial charge is 0.414 e. The fraction of sp³-hybridized carbons (Fsp3) is 0.350. The Hall–Kier alpha value is -1.85. The predicted octanol–water partition coefficient (Wildman–Crippen LogP) is 4.23. The van der Waals surface area contributed by atoms with E-state index in [9.17, 15) is 4.79 Å². The SMILES string of the molecule is O=C(OCc1ccccc1)N1CC2(CCNCC2)c2c(Br)cccc21. The Labute approximate surface area is 156 Å². The first-order valence-corrected chi connectivity index (χ1v) is 9.47. The highest BCUT2D eigenvalue weighted by atomic mass is 79.9. The van der Waals surface area contributed by atoms with Gasteiger partial charge in [-0.2, -0.15) is 0 Å². The number of carbonyl (C=O) groups is 1. The number of carbonyl (C=O) groups excluding carboxylic acids is 1. The lowest BCUT2D eigenvalue weighted by Crippen LogP contribution is -2.44. The number of rotatable bonds is 2. The van der Waals surface area contributed by atoms with Crippen LogP contribution in [0.4, 0.5) is 10.5 Å². The summed E-state index contributed by atoms with van der Waals surface area (Å²) in [6.45, 7) is 2.95. The molecule has 1 N–H and O–H groups in total. The Balaban J connectivity index is 1.59. The maximum absolute atomic E-state index is 12.8. The lowest BCUT2D eigenvalue weighted by atomic mass is 9.75. The molecule has 2 heterocycles. The maximum Gasteiger partial charge on any atom is 0.414 e. The van der Waals surface area contributed by atoms with E-state index in [1.807, 2.05) is 47.4 Å². The summed E-state index contributed by atoms with van der Waals surface area (Å²) in [6.07, 6.45) is 1.80. The molecule has 25 heavy (non-hydrogen) atoms. The Kier molecular flexibility index (Phi) is 4.52. The van der Waals surface area contributed by atoms with Crippen LogP contribution in [0, 0.1) is 0 Å². The van der Waals surface area contributed by atoms with Gasteiger partial charge in [-0.25, -0.2) is 4.79 Å². The molecule has 5 heteroatoms. The second-order valence-corrected chi connectivity index (χ2v) is 7.64. The number of nitrogens with one attached hydrogen (secondary N) is 1. The van der Waals surface area contributed by atoms with Gasteiger partial charge in [-0.1, -0.05) is 52.3 Å². The Morgan fingerprint density at radius 1 is 1.12 bits per heavy atom. The maximum atomic E-state index is 12.8. The van der Waals surface area contributed by atoms with E-state index in [1.165, 1.54) is 5.56 Å². The summed E-state index contributed by atoms with van der Waals surface area (Å²) in [4.78, 5) is 14.6. The number of hydrogen-bond donors (Lipinski definition) is 1. The summed E-state index contributed by atoms with van der Waals surface area (Å²) in [6, 6.07) is 15.9. The third kappa shape index (κ3) is 3.07. The fourth-order valence-corrected chi connectivity index (χ4v) is 4.78. The molecule has 0 unspecified atom stereocenters. The molecule has 1 fully saturated rings. The highest BCUT2D eigenvalue weighted by Gasteiger charge is 2.46. The zero-order chi connectivity index (χ0) is 17.3. The molecule has 0 aromatic heterocycles. The van der Waals surface area contributed by atoms with E-state index >= 15 is 0 Å². The van der Waals surface area contributed by atoms with Gasteiger partial charge in [-0.15, -0.1) is 0 Å². The number of benzene rings is 2. The van der Waals surface area contributed by atoms with E-state index in [0.29, 0.717) is 13.2 Å². The van der Waals surface area contributed by atoms with Gasteiger partial charge >= 0.3 is 6.09 Å². The molecule has 0 atom stereocenters. The van der Waals surface area contributed by atoms with Gasteiger partial charge in [0.25, 0.3) is 0 Å². The topological polar surface area (TPSA) is 41.6 Å². The highest BCUT2D eigenvalue weighted by Crippen LogP contribution is 2.49. The summed E-state index contributed by atoms with van der Waals surface area (Å²) in [7, 11) is 0. The average Bonchev–Trinajstić information content (AvgIpc) is 2.96. The van der Waals surface area contributed by atoms with Crippen molar-refractivity contribution in [2.75, 3.05) is 24.5 Å². The summed E-state index contributed by atoms with van der Waals surface area (Å²) < 4.78 is 6.69. The van der Waals surface area contributed by atoms with Crippen molar-refractivity contribution in [1.29, 1.82) is 0 Å². The Morgan fingerprint density at radius 3 is 2.64 bits per heavy atom. The molecule has 2 aliphatic heterocycles. The number of fused-ring (bicyclic) bond motifs is 2. The van der Waals surface area contributed by atoms with E-state index in [2.05, 4.69) is 27.3 Å². The second-order valence-electron chi connectivity index (χ2n) is 6.79. The van der Waals surface area contributed by atoms with Gasteiger partial charge < -0.3 is 10.1 Å². The van der Waals surface area contributed by atoms with Crippen LogP contribution in [-0.4, -0.2) is 25.7 Å². The summed E-state index contributed by atoms with van der Waals surface area (Å²) >= 11 is 3.71. The van der Waals surface area contributed by atoms with Crippen molar-refractivity contribution in [2.24, 2.45) is 0 Å². The lowest BCUT2D eigenvalue weighted by Gasteiger charge is -2.35. The van der Waals surface area contributed by atoms with Crippen LogP contribution in [0.15, 0.2) is 53.0 Å². The van der Waals surface area contributed by atoms with Gasteiger partial charge in [-0.05, 0) is 49.2 Å². The van der Waals surface area contributed by atoms with Crippen molar-refractivity contribution in [2.45, 2.75) is 24.9 Å². The van der Waals surface area contributed by atoms with Crippen LogP contribution in [0.3, 0.4) is 0 Å². The molecule has 1 amide bonds. The van der Waals surface area contributed by atoms with Crippen molar-refractivity contribution in [3.63, 3.8) is 0 Å².